The molecule has 5 nitrogen and oxygen atoms in total. The molecule has 3 rings (SSSR count). The summed E-state index contributed by atoms with van der Waals surface area (Å²) in [6, 6.07) is 3.44. The van der Waals surface area contributed by atoms with Gasteiger partial charge in [-0.2, -0.15) is 0 Å². The number of aromatic nitrogens is 3. The third-order valence-corrected chi connectivity index (χ3v) is 5.57. The number of halogens is 1. The van der Waals surface area contributed by atoms with Crippen LogP contribution in [0.2, 0.25) is 5.02 Å². The molecule has 0 bridgehead atoms. The van der Waals surface area contributed by atoms with Crippen molar-refractivity contribution in [2.24, 2.45) is 0 Å². The molecule has 1 aliphatic heterocycles. The van der Waals surface area contributed by atoms with Crippen LogP contribution in [0, 0.1) is 0 Å². The van der Waals surface area contributed by atoms with Crippen molar-refractivity contribution in [1.82, 2.24) is 14.6 Å². The maximum Gasteiger partial charge on any atom is 0.169 e. The van der Waals surface area contributed by atoms with Gasteiger partial charge < -0.3 is 0 Å². The molecule has 1 fully saturated rings. The van der Waals surface area contributed by atoms with Gasteiger partial charge in [-0.05, 0) is 25.0 Å². The van der Waals surface area contributed by atoms with Crippen LogP contribution in [0.4, 0.5) is 0 Å². The number of fused-ring (bicyclic) bond motifs is 1. The summed E-state index contributed by atoms with van der Waals surface area (Å²) in [4.78, 5) is 4.29. The van der Waals surface area contributed by atoms with Crippen LogP contribution >= 0.6 is 11.6 Å². The zero-order valence-corrected chi connectivity index (χ0v) is 11.2. The first-order valence-corrected chi connectivity index (χ1v) is 7.89. The fourth-order valence-corrected chi connectivity index (χ4v) is 4.25. The largest absolute Gasteiger partial charge is 0.228 e. The lowest BCUT2D eigenvalue weighted by atomic mass is 10.2. The fraction of sp³-hybridized carbons (Fsp3) is 0.455. The summed E-state index contributed by atoms with van der Waals surface area (Å²) >= 11 is 5.86. The summed E-state index contributed by atoms with van der Waals surface area (Å²) in [7, 11) is -3.11. The molecule has 96 valence electrons. The second-order valence-electron chi connectivity index (χ2n) is 4.47. The summed E-state index contributed by atoms with van der Waals surface area (Å²) in [6.07, 6.45) is 3.87. The zero-order chi connectivity index (χ0) is 12.8. The molecule has 1 aliphatic rings. The van der Waals surface area contributed by atoms with Gasteiger partial charge >= 0.3 is 0 Å². The van der Waals surface area contributed by atoms with Gasteiger partial charge in [0, 0.05) is 6.20 Å². The third-order valence-electron chi connectivity index (χ3n) is 3.18. The van der Waals surface area contributed by atoms with Crippen molar-refractivity contribution < 1.29 is 8.42 Å². The van der Waals surface area contributed by atoms with Gasteiger partial charge in [0.2, 0.25) is 0 Å². The second-order valence-corrected chi connectivity index (χ2v) is 7.21. The molecular weight excluding hydrogens is 274 g/mol. The van der Waals surface area contributed by atoms with Crippen LogP contribution in [0.15, 0.2) is 18.3 Å². The van der Waals surface area contributed by atoms with E-state index in [0.29, 0.717) is 22.9 Å². The normalized spacial score (nSPS) is 23.3. The van der Waals surface area contributed by atoms with Crippen LogP contribution in [0.3, 0.4) is 0 Å². The summed E-state index contributed by atoms with van der Waals surface area (Å²) in [6.45, 7) is 0. The van der Waals surface area contributed by atoms with E-state index in [1.807, 2.05) is 0 Å². The maximum atomic E-state index is 12.0. The highest BCUT2D eigenvalue weighted by Gasteiger charge is 2.33. The Morgan fingerprint density at radius 1 is 1.33 bits per heavy atom. The number of hydrogen-bond donors (Lipinski definition) is 0. The molecule has 1 saturated heterocycles. The number of nitrogens with zero attached hydrogens (tertiary/aromatic N) is 3. The van der Waals surface area contributed by atoms with E-state index in [4.69, 9.17) is 11.6 Å². The first-order valence-electron chi connectivity index (χ1n) is 5.80. The average Bonchev–Trinajstić information content (AvgIpc) is 2.70. The fourth-order valence-electron chi connectivity index (χ4n) is 2.26. The molecule has 2 aromatic heterocycles. The topological polar surface area (TPSA) is 64.3 Å². The Morgan fingerprint density at radius 3 is 2.94 bits per heavy atom. The lowest BCUT2D eigenvalue weighted by Gasteiger charge is -2.19. The first kappa shape index (κ1) is 11.9. The van der Waals surface area contributed by atoms with Crippen LogP contribution in [0.25, 0.3) is 5.65 Å². The highest BCUT2D eigenvalue weighted by Crippen LogP contribution is 2.31. The molecule has 0 radical (unpaired) electrons. The monoisotopic (exact) mass is 285 g/mol. The quantitative estimate of drug-likeness (QED) is 0.804. The molecule has 0 amide bonds. The maximum absolute atomic E-state index is 12.0. The van der Waals surface area contributed by atoms with Gasteiger partial charge in [-0.25, -0.2) is 17.9 Å². The summed E-state index contributed by atoms with van der Waals surface area (Å²) in [5.74, 6) is 0.616. The van der Waals surface area contributed by atoms with Gasteiger partial charge in [0.25, 0.3) is 0 Å². The number of sulfone groups is 1. The lowest BCUT2D eigenvalue weighted by Crippen LogP contribution is -2.22. The van der Waals surface area contributed by atoms with E-state index in [-0.39, 0.29) is 5.75 Å². The standard InChI is InChI=1S/C11H12ClN3O2S/c12-8-4-5-10-13-11(14-15(10)7-8)9-3-1-2-6-18(9,16)17/h4-5,7,9H,1-3,6H2. The van der Waals surface area contributed by atoms with Crippen molar-refractivity contribution in [3.8, 4) is 0 Å². The van der Waals surface area contributed by atoms with Crippen molar-refractivity contribution in [3.05, 3.63) is 29.2 Å². The molecule has 0 spiro atoms. The molecule has 0 N–H and O–H groups in total. The molecule has 0 aromatic carbocycles. The average molecular weight is 286 g/mol. The second kappa shape index (κ2) is 4.20. The number of pyridine rings is 1. The number of hydrogen-bond acceptors (Lipinski definition) is 4. The molecule has 18 heavy (non-hydrogen) atoms. The number of rotatable bonds is 1. The molecule has 0 saturated carbocycles. The van der Waals surface area contributed by atoms with Crippen molar-refractivity contribution >= 4 is 27.1 Å². The third kappa shape index (κ3) is 1.99. The van der Waals surface area contributed by atoms with E-state index in [9.17, 15) is 8.42 Å². The van der Waals surface area contributed by atoms with Crippen molar-refractivity contribution in [1.29, 1.82) is 0 Å². The minimum atomic E-state index is -3.11. The van der Waals surface area contributed by atoms with Crippen molar-refractivity contribution in [3.63, 3.8) is 0 Å². The van der Waals surface area contributed by atoms with Gasteiger partial charge in [-0.15, -0.1) is 5.10 Å². The Hall–Kier alpha value is -1.14. The Balaban J connectivity index is 2.08. The molecule has 1 atom stereocenters. The molecule has 3 heterocycles. The van der Waals surface area contributed by atoms with Crippen LogP contribution in [0.1, 0.15) is 30.3 Å². The zero-order valence-electron chi connectivity index (χ0n) is 9.58. The van der Waals surface area contributed by atoms with Crippen LogP contribution in [0.5, 0.6) is 0 Å². The Kier molecular flexibility index (Phi) is 2.79. The van der Waals surface area contributed by atoms with Gasteiger partial charge in [-0.1, -0.05) is 18.0 Å². The van der Waals surface area contributed by atoms with E-state index in [1.165, 1.54) is 4.52 Å². The summed E-state index contributed by atoms with van der Waals surface area (Å²) in [5, 5.41) is 4.22. The summed E-state index contributed by atoms with van der Waals surface area (Å²) in [5.41, 5.74) is 0.621. The predicted molar refractivity (Wildman–Crippen MR) is 68.4 cm³/mol. The van der Waals surface area contributed by atoms with Crippen LogP contribution < -0.4 is 0 Å². The molecular formula is C11H12ClN3O2S. The van der Waals surface area contributed by atoms with E-state index in [2.05, 4.69) is 10.1 Å². The Morgan fingerprint density at radius 2 is 2.17 bits per heavy atom. The molecule has 2 aromatic rings. The smallest absolute Gasteiger partial charge is 0.169 e. The van der Waals surface area contributed by atoms with Gasteiger partial charge in [-0.3, -0.25) is 0 Å². The van der Waals surface area contributed by atoms with E-state index in [0.717, 1.165) is 12.8 Å². The minimum absolute atomic E-state index is 0.230. The predicted octanol–water partition coefficient (Wildman–Crippen LogP) is 2.02. The molecule has 7 heteroatoms. The van der Waals surface area contributed by atoms with Crippen LogP contribution in [-0.2, 0) is 9.84 Å². The van der Waals surface area contributed by atoms with Crippen molar-refractivity contribution in [2.75, 3.05) is 5.75 Å². The SMILES string of the molecule is O=S1(=O)CCCCC1c1nc2ccc(Cl)cn2n1. The van der Waals surface area contributed by atoms with Crippen molar-refractivity contribution in [2.45, 2.75) is 24.5 Å². The van der Waals surface area contributed by atoms with E-state index in [1.54, 1.807) is 18.3 Å². The minimum Gasteiger partial charge on any atom is -0.228 e. The molecule has 1 unspecified atom stereocenters. The first-order chi connectivity index (χ1) is 8.56. The Bertz CT molecular complexity index is 695. The molecule has 0 aliphatic carbocycles. The van der Waals surface area contributed by atoms with Gasteiger partial charge in [0.05, 0.1) is 10.8 Å². The van der Waals surface area contributed by atoms with E-state index >= 15 is 0 Å². The lowest BCUT2D eigenvalue weighted by molar-refractivity contribution is 0.538. The Labute approximate surface area is 110 Å². The van der Waals surface area contributed by atoms with Crippen LogP contribution in [-0.4, -0.2) is 28.8 Å². The van der Waals surface area contributed by atoms with Gasteiger partial charge in [0.15, 0.2) is 21.3 Å². The highest BCUT2D eigenvalue weighted by atomic mass is 35.5. The highest BCUT2D eigenvalue weighted by molar-refractivity contribution is 7.91. The van der Waals surface area contributed by atoms with E-state index < -0.39 is 15.1 Å². The summed E-state index contributed by atoms with van der Waals surface area (Å²) < 4.78 is 25.6. The van der Waals surface area contributed by atoms with Gasteiger partial charge in [0.1, 0.15) is 5.25 Å².